The Balaban J connectivity index is 1.50. The number of rotatable bonds is 6. The average molecular weight is 356 g/mol. The standard InChI is InChI=1S/C19H24N4O3/c1-14-20-7-10-22(14)11-8-21-18(24)16-6-9-23(13-16)19(25)15-4-3-5-17(12-15)26-2/h3-5,7,10,12,16H,6,8-9,11,13H2,1-2H3,(H,21,24). The van der Waals surface area contributed by atoms with E-state index in [0.29, 0.717) is 43.9 Å². The van der Waals surface area contributed by atoms with Gasteiger partial charge in [0.2, 0.25) is 5.91 Å². The molecule has 1 aromatic carbocycles. The summed E-state index contributed by atoms with van der Waals surface area (Å²) in [5, 5.41) is 2.96. The molecule has 1 aliphatic heterocycles. The number of carbonyl (C=O) groups excluding carboxylic acids is 2. The van der Waals surface area contributed by atoms with Crippen LogP contribution in [-0.2, 0) is 11.3 Å². The number of ether oxygens (including phenoxy) is 1. The fraction of sp³-hybridized carbons (Fsp3) is 0.421. The topological polar surface area (TPSA) is 76.5 Å². The van der Waals surface area contributed by atoms with Gasteiger partial charge in [-0.15, -0.1) is 0 Å². The molecule has 138 valence electrons. The lowest BCUT2D eigenvalue weighted by molar-refractivity contribution is -0.124. The van der Waals surface area contributed by atoms with Crippen molar-refractivity contribution in [2.24, 2.45) is 5.92 Å². The maximum absolute atomic E-state index is 12.6. The lowest BCUT2D eigenvalue weighted by Gasteiger charge is -2.17. The highest BCUT2D eigenvalue weighted by atomic mass is 16.5. The summed E-state index contributed by atoms with van der Waals surface area (Å²) in [6.45, 7) is 4.22. The number of methoxy groups -OCH3 is 1. The lowest BCUT2D eigenvalue weighted by Crippen LogP contribution is -2.36. The Morgan fingerprint density at radius 2 is 2.23 bits per heavy atom. The molecule has 0 spiro atoms. The number of hydrogen-bond acceptors (Lipinski definition) is 4. The van der Waals surface area contributed by atoms with Crippen LogP contribution in [-0.4, -0.2) is 53.0 Å². The summed E-state index contributed by atoms with van der Waals surface area (Å²) in [6.07, 6.45) is 4.33. The molecule has 0 aliphatic carbocycles. The van der Waals surface area contributed by atoms with Crippen molar-refractivity contribution in [3.8, 4) is 5.75 Å². The zero-order valence-corrected chi connectivity index (χ0v) is 15.1. The van der Waals surface area contributed by atoms with Crippen LogP contribution in [0.25, 0.3) is 0 Å². The van der Waals surface area contributed by atoms with Gasteiger partial charge in [0.05, 0.1) is 13.0 Å². The fourth-order valence-electron chi connectivity index (χ4n) is 3.18. The van der Waals surface area contributed by atoms with Crippen molar-refractivity contribution < 1.29 is 14.3 Å². The molecule has 1 atom stereocenters. The average Bonchev–Trinajstić information content (AvgIpc) is 3.31. The second-order valence-electron chi connectivity index (χ2n) is 6.43. The zero-order chi connectivity index (χ0) is 18.5. The van der Waals surface area contributed by atoms with Gasteiger partial charge in [-0.25, -0.2) is 4.98 Å². The number of benzene rings is 1. The van der Waals surface area contributed by atoms with Gasteiger partial charge < -0.3 is 19.5 Å². The van der Waals surface area contributed by atoms with Gasteiger partial charge in [-0.2, -0.15) is 0 Å². The minimum atomic E-state index is -0.159. The van der Waals surface area contributed by atoms with E-state index in [1.165, 1.54) is 0 Å². The van der Waals surface area contributed by atoms with Gasteiger partial charge in [0.25, 0.3) is 5.91 Å². The molecule has 1 unspecified atom stereocenters. The monoisotopic (exact) mass is 356 g/mol. The summed E-state index contributed by atoms with van der Waals surface area (Å²) >= 11 is 0. The molecule has 0 radical (unpaired) electrons. The van der Waals surface area contributed by atoms with Crippen LogP contribution in [0, 0.1) is 12.8 Å². The quantitative estimate of drug-likeness (QED) is 0.851. The third-order valence-electron chi connectivity index (χ3n) is 4.74. The first-order valence-electron chi connectivity index (χ1n) is 8.77. The molecule has 2 aromatic rings. The molecule has 0 saturated carbocycles. The number of nitrogens with zero attached hydrogens (tertiary/aromatic N) is 3. The van der Waals surface area contributed by atoms with Crippen LogP contribution in [0.4, 0.5) is 0 Å². The Kier molecular flexibility index (Phi) is 5.55. The van der Waals surface area contributed by atoms with Gasteiger partial charge >= 0.3 is 0 Å². The van der Waals surface area contributed by atoms with Crippen molar-refractivity contribution in [3.63, 3.8) is 0 Å². The number of amides is 2. The summed E-state index contributed by atoms with van der Waals surface area (Å²) in [5.74, 6) is 1.36. The molecule has 1 fully saturated rings. The van der Waals surface area contributed by atoms with Crippen LogP contribution < -0.4 is 10.1 Å². The van der Waals surface area contributed by atoms with Crippen LogP contribution >= 0.6 is 0 Å². The second-order valence-corrected chi connectivity index (χ2v) is 6.43. The van der Waals surface area contributed by atoms with E-state index in [1.807, 2.05) is 17.7 Å². The summed E-state index contributed by atoms with van der Waals surface area (Å²) in [4.78, 5) is 30.9. The molecule has 0 bridgehead atoms. The van der Waals surface area contributed by atoms with E-state index in [2.05, 4.69) is 10.3 Å². The van der Waals surface area contributed by atoms with Gasteiger partial charge in [-0.05, 0) is 31.5 Å². The maximum atomic E-state index is 12.6. The predicted octanol–water partition coefficient (Wildman–Crippen LogP) is 1.48. The molecule has 2 heterocycles. The van der Waals surface area contributed by atoms with Crippen LogP contribution in [0.3, 0.4) is 0 Å². The number of aryl methyl sites for hydroxylation is 1. The molecule has 1 aromatic heterocycles. The van der Waals surface area contributed by atoms with Crippen LogP contribution in [0.1, 0.15) is 22.6 Å². The van der Waals surface area contributed by atoms with E-state index in [-0.39, 0.29) is 17.7 Å². The van der Waals surface area contributed by atoms with E-state index in [9.17, 15) is 9.59 Å². The van der Waals surface area contributed by atoms with Gasteiger partial charge in [0, 0.05) is 44.1 Å². The molecule has 1 saturated heterocycles. The molecule has 7 heteroatoms. The zero-order valence-electron chi connectivity index (χ0n) is 15.1. The SMILES string of the molecule is COc1cccc(C(=O)N2CCC(C(=O)NCCn3ccnc3C)C2)c1. The van der Waals surface area contributed by atoms with Gasteiger partial charge in [-0.3, -0.25) is 9.59 Å². The van der Waals surface area contributed by atoms with Crippen LogP contribution in [0.2, 0.25) is 0 Å². The van der Waals surface area contributed by atoms with Crippen molar-refractivity contribution in [3.05, 3.63) is 48.0 Å². The summed E-state index contributed by atoms with van der Waals surface area (Å²) in [7, 11) is 1.57. The minimum Gasteiger partial charge on any atom is -0.497 e. The number of hydrogen-bond donors (Lipinski definition) is 1. The van der Waals surface area contributed by atoms with Crippen molar-refractivity contribution in [1.29, 1.82) is 0 Å². The molecule has 2 amide bonds. The van der Waals surface area contributed by atoms with E-state index < -0.39 is 0 Å². The Labute approximate surface area is 153 Å². The van der Waals surface area contributed by atoms with Gasteiger partial charge in [-0.1, -0.05) is 6.07 Å². The highest BCUT2D eigenvalue weighted by molar-refractivity contribution is 5.95. The Hall–Kier alpha value is -2.83. The van der Waals surface area contributed by atoms with E-state index in [4.69, 9.17) is 4.74 Å². The molecule has 1 N–H and O–H groups in total. The molecule has 1 aliphatic rings. The summed E-state index contributed by atoms with van der Waals surface area (Å²) < 4.78 is 7.16. The first kappa shape index (κ1) is 18.0. The first-order valence-corrected chi connectivity index (χ1v) is 8.77. The maximum Gasteiger partial charge on any atom is 0.254 e. The Bertz CT molecular complexity index is 787. The number of nitrogens with one attached hydrogen (secondary N) is 1. The van der Waals surface area contributed by atoms with Crippen molar-refractivity contribution in [2.75, 3.05) is 26.7 Å². The smallest absolute Gasteiger partial charge is 0.254 e. The van der Waals surface area contributed by atoms with Crippen LogP contribution in [0.5, 0.6) is 5.75 Å². The summed E-state index contributed by atoms with van der Waals surface area (Å²) in [6, 6.07) is 7.10. The number of imidazole rings is 1. The third kappa shape index (κ3) is 4.04. The fourth-order valence-corrected chi connectivity index (χ4v) is 3.18. The molecule has 3 rings (SSSR count). The lowest BCUT2D eigenvalue weighted by atomic mass is 10.1. The largest absolute Gasteiger partial charge is 0.497 e. The highest BCUT2D eigenvalue weighted by Gasteiger charge is 2.31. The van der Waals surface area contributed by atoms with Gasteiger partial charge in [0.15, 0.2) is 0 Å². The predicted molar refractivity (Wildman–Crippen MR) is 97.0 cm³/mol. The molecule has 7 nitrogen and oxygen atoms in total. The van der Waals surface area contributed by atoms with Crippen molar-refractivity contribution in [1.82, 2.24) is 19.8 Å². The van der Waals surface area contributed by atoms with Crippen molar-refractivity contribution >= 4 is 11.8 Å². The number of aromatic nitrogens is 2. The van der Waals surface area contributed by atoms with Crippen LogP contribution in [0.15, 0.2) is 36.7 Å². The second kappa shape index (κ2) is 8.03. The number of likely N-dealkylation sites (tertiary alicyclic amines) is 1. The van der Waals surface area contributed by atoms with E-state index >= 15 is 0 Å². The normalized spacial score (nSPS) is 16.5. The minimum absolute atomic E-state index is 0.00344. The first-order chi connectivity index (χ1) is 12.6. The number of carbonyl (C=O) groups is 2. The third-order valence-corrected chi connectivity index (χ3v) is 4.74. The van der Waals surface area contributed by atoms with Gasteiger partial charge in [0.1, 0.15) is 11.6 Å². The highest BCUT2D eigenvalue weighted by Crippen LogP contribution is 2.21. The molecule has 26 heavy (non-hydrogen) atoms. The summed E-state index contributed by atoms with van der Waals surface area (Å²) in [5.41, 5.74) is 0.584. The van der Waals surface area contributed by atoms with E-state index in [1.54, 1.807) is 42.5 Å². The Morgan fingerprint density at radius 3 is 2.96 bits per heavy atom. The molecular formula is C19H24N4O3. The molecular weight excluding hydrogens is 332 g/mol. The Morgan fingerprint density at radius 1 is 1.38 bits per heavy atom. The van der Waals surface area contributed by atoms with E-state index in [0.717, 1.165) is 5.82 Å². The van der Waals surface area contributed by atoms with Crippen molar-refractivity contribution in [2.45, 2.75) is 19.9 Å².